The van der Waals surface area contributed by atoms with Crippen LogP contribution >= 0.6 is 11.6 Å². The van der Waals surface area contributed by atoms with Crippen LogP contribution in [0.15, 0.2) is 36.4 Å². The van der Waals surface area contributed by atoms with Crippen molar-refractivity contribution in [2.75, 3.05) is 20.8 Å². The first-order valence-corrected chi connectivity index (χ1v) is 7.22. The summed E-state index contributed by atoms with van der Waals surface area (Å²) in [7, 11) is 2.86. The van der Waals surface area contributed by atoms with Crippen LogP contribution in [0.1, 0.15) is 20.7 Å². The van der Waals surface area contributed by atoms with Gasteiger partial charge in [-0.3, -0.25) is 4.79 Å². The number of halogens is 2. The third-order valence-electron chi connectivity index (χ3n) is 3.21. The van der Waals surface area contributed by atoms with Crippen LogP contribution < -0.4 is 9.47 Å². The Morgan fingerprint density at radius 2 is 1.88 bits per heavy atom. The average Bonchev–Trinajstić information content (AvgIpc) is 2.58. The molecule has 0 aliphatic carbocycles. The first kappa shape index (κ1) is 17.7. The van der Waals surface area contributed by atoms with Crippen LogP contribution in [0.5, 0.6) is 11.5 Å². The van der Waals surface area contributed by atoms with Crippen molar-refractivity contribution in [3.63, 3.8) is 0 Å². The minimum absolute atomic E-state index is 0.0913. The molecule has 126 valence electrons. The molecule has 24 heavy (non-hydrogen) atoms. The molecule has 0 N–H and O–H groups in total. The number of carbonyl (C=O) groups is 2. The van der Waals surface area contributed by atoms with Crippen molar-refractivity contribution in [2.45, 2.75) is 0 Å². The van der Waals surface area contributed by atoms with Gasteiger partial charge in [-0.1, -0.05) is 17.7 Å². The molecule has 0 heterocycles. The largest absolute Gasteiger partial charge is 0.497 e. The summed E-state index contributed by atoms with van der Waals surface area (Å²) in [6, 6.07) is 8.44. The standard InChI is InChI=1S/C17H14ClFO5/c1-22-10-6-7-15(23-2)11(8-10)14(20)9-24-17(21)16-12(18)4-3-5-13(16)19/h3-8H,9H2,1-2H3. The molecular formula is C17H14ClFO5. The number of benzene rings is 2. The molecule has 0 amide bonds. The molecule has 0 saturated carbocycles. The van der Waals surface area contributed by atoms with Crippen molar-refractivity contribution >= 4 is 23.4 Å². The van der Waals surface area contributed by atoms with E-state index in [0.29, 0.717) is 11.5 Å². The van der Waals surface area contributed by atoms with Gasteiger partial charge in [0.2, 0.25) is 5.78 Å². The average molecular weight is 353 g/mol. The predicted molar refractivity (Wildman–Crippen MR) is 85.6 cm³/mol. The van der Waals surface area contributed by atoms with Gasteiger partial charge in [0.05, 0.1) is 24.8 Å². The second-order valence-electron chi connectivity index (χ2n) is 4.66. The van der Waals surface area contributed by atoms with E-state index in [1.54, 1.807) is 12.1 Å². The molecule has 0 atom stereocenters. The van der Waals surface area contributed by atoms with E-state index in [0.717, 1.165) is 6.07 Å². The lowest BCUT2D eigenvalue weighted by atomic mass is 10.1. The predicted octanol–water partition coefficient (Wildman–Crippen LogP) is 3.54. The van der Waals surface area contributed by atoms with Crippen LogP contribution in [0.25, 0.3) is 0 Å². The third kappa shape index (κ3) is 3.83. The van der Waals surface area contributed by atoms with Gasteiger partial charge in [0.25, 0.3) is 0 Å². The van der Waals surface area contributed by atoms with Crippen molar-refractivity contribution in [1.82, 2.24) is 0 Å². The fourth-order valence-corrected chi connectivity index (χ4v) is 2.25. The number of ether oxygens (including phenoxy) is 3. The highest BCUT2D eigenvalue weighted by atomic mass is 35.5. The van der Waals surface area contributed by atoms with Crippen LogP contribution in [-0.2, 0) is 4.74 Å². The summed E-state index contributed by atoms with van der Waals surface area (Å²) in [4.78, 5) is 24.2. The number of rotatable bonds is 6. The topological polar surface area (TPSA) is 61.8 Å². The minimum Gasteiger partial charge on any atom is -0.497 e. The van der Waals surface area contributed by atoms with Crippen LogP contribution in [0.3, 0.4) is 0 Å². The van der Waals surface area contributed by atoms with Gasteiger partial charge in [-0.15, -0.1) is 0 Å². The summed E-state index contributed by atoms with van der Waals surface area (Å²) in [5, 5.41) is -0.0913. The lowest BCUT2D eigenvalue weighted by molar-refractivity contribution is 0.0469. The Balaban J connectivity index is 2.15. The lowest BCUT2D eigenvalue weighted by Gasteiger charge is -2.10. The van der Waals surface area contributed by atoms with Gasteiger partial charge in [0, 0.05) is 0 Å². The molecule has 2 rings (SSSR count). The maximum atomic E-state index is 13.7. The Bertz CT molecular complexity index is 755. The Morgan fingerprint density at radius 3 is 2.50 bits per heavy atom. The highest BCUT2D eigenvalue weighted by Crippen LogP contribution is 2.25. The molecule has 0 saturated heterocycles. The Hall–Kier alpha value is -2.60. The molecule has 0 radical (unpaired) electrons. The molecule has 0 unspecified atom stereocenters. The van der Waals surface area contributed by atoms with E-state index in [4.69, 9.17) is 25.8 Å². The Morgan fingerprint density at radius 1 is 1.12 bits per heavy atom. The fourth-order valence-electron chi connectivity index (χ4n) is 2.01. The van der Waals surface area contributed by atoms with E-state index >= 15 is 0 Å². The number of hydrogen-bond donors (Lipinski definition) is 0. The molecule has 2 aromatic rings. The maximum Gasteiger partial charge on any atom is 0.343 e. The lowest BCUT2D eigenvalue weighted by Crippen LogP contribution is -2.16. The van der Waals surface area contributed by atoms with E-state index < -0.39 is 29.7 Å². The molecule has 0 aliphatic heterocycles. The zero-order chi connectivity index (χ0) is 17.7. The second-order valence-corrected chi connectivity index (χ2v) is 5.07. The zero-order valence-corrected chi connectivity index (χ0v) is 13.7. The van der Waals surface area contributed by atoms with Crippen molar-refractivity contribution < 1.29 is 28.2 Å². The van der Waals surface area contributed by atoms with E-state index in [-0.39, 0.29) is 10.6 Å². The van der Waals surface area contributed by atoms with Gasteiger partial charge < -0.3 is 14.2 Å². The van der Waals surface area contributed by atoms with Crippen LogP contribution in [0.4, 0.5) is 4.39 Å². The van der Waals surface area contributed by atoms with E-state index in [1.807, 2.05) is 0 Å². The summed E-state index contributed by atoms with van der Waals surface area (Å²) in [5.41, 5.74) is -0.228. The van der Waals surface area contributed by atoms with Gasteiger partial charge in [0.1, 0.15) is 22.9 Å². The van der Waals surface area contributed by atoms with Gasteiger partial charge >= 0.3 is 5.97 Å². The summed E-state index contributed by atoms with van der Waals surface area (Å²) in [6.45, 7) is -0.590. The van der Waals surface area contributed by atoms with E-state index in [1.165, 1.54) is 32.4 Å². The minimum atomic E-state index is -1.02. The number of esters is 1. The molecule has 2 aromatic carbocycles. The fraction of sp³-hybridized carbons (Fsp3) is 0.176. The summed E-state index contributed by atoms with van der Waals surface area (Å²) in [5.74, 6) is -1.61. The van der Waals surface area contributed by atoms with Gasteiger partial charge in [-0.25, -0.2) is 9.18 Å². The molecule has 0 aromatic heterocycles. The first-order valence-electron chi connectivity index (χ1n) is 6.84. The van der Waals surface area contributed by atoms with E-state index in [2.05, 4.69) is 0 Å². The molecular weight excluding hydrogens is 339 g/mol. The molecule has 0 aliphatic rings. The number of hydrogen-bond acceptors (Lipinski definition) is 5. The number of methoxy groups -OCH3 is 2. The van der Waals surface area contributed by atoms with Crippen LogP contribution in [0.2, 0.25) is 5.02 Å². The second kappa shape index (κ2) is 7.79. The normalized spacial score (nSPS) is 10.2. The first-order chi connectivity index (χ1) is 11.5. The maximum absolute atomic E-state index is 13.7. The quantitative estimate of drug-likeness (QED) is 0.588. The Kier molecular flexibility index (Phi) is 5.76. The number of carbonyl (C=O) groups excluding carboxylic acids is 2. The summed E-state index contributed by atoms with van der Waals surface area (Å²) >= 11 is 5.78. The SMILES string of the molecule is COc1ccc(OC)c(C(=O)COC(=O)c2c(F)cccc2Cl)c1. The molecule has 0 fully saturated rings. The van der Waals surface area contributed by atoms with Gasteiger partial charge in [-0.2, -0.15) is 0 Å². The summed E-state index contributed by atoms with van der Waals surface area (Å²) < 4.78 is 28.7. The van der Waals surface area contributed by atoms with Gasteiger partial charge in [-0.05, 0) is 30.3 Å². The van der Waals surface area contributed by atoms with E-state index in [9.17, 15) is 14.0 Å². The number of ketones is 1. The van der Waals surface area contributed by atoms with Crippen molar-refractivity contribution in [3.8, 4) is 11.5 Å². The molecule has 0 spiro atoms. The van der Waals surface area contributed by atoms with Crippen molar-refractivity contribution in [2.24, 2.45) is 0 Å². The highest BCUT2D eigenvalue weighted by Gasteiger charge is 2.20. The third-order valence-corrected chi connectivity index (χ3v) is 3.52. The molecule has 7 heteroatoms. The van der Waals surface area contributed by atoms with Crippen LogP contribution in [-0.4, -0.2) is 32.6 Å². The van der Waals surface area contributed by atoms with Crippen LogP contribution in [0, 0.1) is 5.82 Å². The monoisotopic (exact) mass is 352 g/mol. The number of Topliss-reactive ketones (excluding diaryl/α,β-unsaturated/α-hetero) is 1. The Labute approximate surface area is 142 Å². The molecule has 0 bridgehead atoms. The smallest absolute Gasteiger partial charge is 0.343 e. The van der Waals surface area contributed by atoms with Gasteiger partial charge in [0.15, 0.2) is 6.61 Å². The van der Waals surface area contributed by atoms with Crippen molar-refractivity contribution in [3.05, 3.63) is 58.4 Å². The highest BCUT2D eigenvalue weighted by molar-refractivity contribution is 6.33. The summed E-state index contributed by atoms with van der Waals surface area (Å²) in [6.07, 6.45) is 0. The molecule has 5 nitrogen and oxygen atoms in total. The zero-order valence-electron chi connectivity index (χ0n) is 13.0. The van der Waals surface area contributed by atoms with Crippen molar-refractivity contribution in [1.29, 1.82) is 0 Å².